The summed E-state index contributed by atoms with van der Waals surface area (Å²) in [6.45, 7) is 5.55. The van der Waals surface area contributed by atoms with Gasteiger partial charge in [0.05, 0.1) is 0 Å². The van der Waals surface area contributed by atoms with Crippen molar-refractivity contribution in [1.29, 1.82) is 0 Å². The highest BCUT2D eigenvalue weighted by atomic mass is 35.5. The second kappa shape index (κ2) is 8.83. The van der Waals surface area contributed by atoms with Crippen LogP contribution in [0.5, 0.6) is 11.5 Å². The fourth-order valence-electron chi connectivity index (χ4n) is 2.98. The lowest BCUT2D eigenvalue weighted by Gasteiger charge is -2.23. The number of pyridine rings is 1. The van der Waals surface area contributed by atoms with Crippen LogP contribution in [0.25, 0.3) is 0 Å². The predicted molar refractivity (Wildman–Crippen MR) is 102 cm³/mol. The van der Waals surface area contributed by atoms with Gasteiger partial charge in [-0.2, -0.15) is 0 Å². The molecule has 0 spiro atoms. The smallest absolute Gasteiger partial charge is 0.221 e. The number of carbonyl (C=O) groups is 1. The van der Waals surface area contributed by atoms with Gasteiger partial charge in [0.25, 0.3) is 0 Å². The summed E-state index contributed by atoms with van der Waals surface area (Å²) < 4.78 is 5.98. The van der Waals surface area contributed by atoms with E-state index in [-0.39, 0.29) is 18.3 Å². The van der Waals surface area contributed by atoms with Crippen LogP contribution in [0.2, 0.25) is 0 Å². The highest BCUT2D eigenvalue weighted by Gasteiger charge is 2.17. The molecule has 134 valence electrons. The van der Waals surface area contributed by atoms with Gasteiger partial charge in [0.2, 0.25) is 5.91 Å². The van der Waals surface area contributed by atoms with Crippen molar-refractivity contribution in [2.75, 3.05) is 18.4 Å². The monoisotopic (exact) mass is 361 g/mol. The van der Waals surface area contributed by atoms with E-state index in [1.807, 2.05) is 43.3 Å². The molecule has 25 heavy (non-hydrogen) atoms. The van der Waals surface area contributed by atoms with Gasteiger partial charge in [0, 0.05) is 48.6 Å². The summed E-state index contributed by atoms with van der Waals surface area (Å²) in [5.74, 6) is 1.90. The molecule has 2 aromatic rings. The van der Waals surface area contributed by atoms with Crippen LogP contribution in [-0.2, 0) is 4.79 Å². The topological polar surface area (TPSA) is 63.2 Å². The van der Waals surface area contributed by atoms with E-state index in [0.29, 0.717) is 5.92 Å². The molecule has 2 N–H and O–H groups in total. The third-order valence-electron chi connectivity index (χ3n) is 4.07. The number of aromatic nitrogens is 1. The fraction of sp³-hybridized carbons (Fsp3) is 0.368. The molecule has 0 radical (unpaired) electrons. The third-order valence-corrected chi connectivity index (χ3v) is 4.07. The Morgan fingerprint density at radius 2 is 2.00 bits per heavy atom. The Kier molecular flexibility index (Phi) is 6.79. The molecule has 0 bridgehead atoms. The second-order valence-electron chi connectivity index (χ2n) is 6.22. The maximum Gasteiger partial charge on any atom is 0.221 e. The number of hydrogen-bond donors (Lipinski definition) is 2. The number of anilines is 1. The standard InChI is InChI=1S/C19H23N3O2.ClH/c1-13-10-18(11-19(21-13)15-4-3-9-20-12-15)24-17-7-5-16(6-8-17)22-14(2)23;/h5-8,10-11,15,20H,3-4,9,12H2,1-2H3,(H,22,23);1H. The number of amides is 1. The highest BCUT2D eigenvalue weighted by Crippen LogP contribution is 2.28. The van der Waals surface area contributed by atoms with Crippen molar-refractivity contribution >= 4 is 24.0 Å². The minimum atomic E-state index is -0.0841. The second-order valence-corrected chi connectivity index (χ2v) is 6.22. The van der Waals surface area contributed by atoms with Gasteiger partial charge in [-0.05, 0) is 50.6 Å². The number of carbonyl (C=O) groups excluding carboxylic acids is 1. The normalized spacial score (nSPS) is 16.6. The molecule has 1 aliphatic heterocycles. The van der Waals surface area contributed by atoms with E-state index in [2.05, 4.69) is 15.6 Å². The van der Waals surface area contributed by atoms with Gasteiger partial charge >= 0.3 is 0 Å². The molecule has 1 aromatic heterocycles. The van der Waals surface area contributed by atoms with Crippen LogP contribution in [0, 0.1) is 6.92 Å². The van der Waals surface area contributed by atoms with Crippen molar-refractivity contribution in [2.24, 2.45) is 0 Å². The predicted octanol–water partition coefficient (Wildman–Crippen LogP) is 4.03. The molecular weight excluding hydrogens is 338 g/mol. The number of nitrogens with zero attached hydrogens (tertiary/aromatic N) is 1. The number of benzene rings is 1. The SMILES string of the molecule is CC(=O)Nc1ccc(Oc2cc(C)nc(C3CCCNC3)c2)cc1.Cl. The first kappa shape index (κ1) is 19.2. The van der Waals surface area contributed by atoms with Crippen LogP contribution in [0.15, 0.2) is 36.4 Å². The molecule has 6 heteroatoms. The summed E-state index contributed by atoms with van der Waals surface area (Å²) >= 11 is 0. The number of hydrogen-bond acceptors (Lipinski definition) is 4. The van der Waals surface area contributed by atoms with Crippen molar-refractivity contribution < 1.29 is 9.53 Å². The van der Waals surface area contributed by atoms with Gasteiger partial charge in [-0.25, -0.2) is 0 Å². The van der Waals surface area contributed by atoms with Crippen molar-refractivity contribution in [3.05, 3.63) is 47.8 Å². The zero-order chi connectivity index (χ0) is 16.9. The van der Waals surface area contributed by atoms with Crippen molar-refractivity contribution in [3.8, 4) is 11.5 Å². The molecule has 5 nitrogen and oxygen atoms in total. The summed E-state index contributed by atoms with van der Waals surface area (Å²) in [5, 5.41) is 6.17. The quantitative estimate of drug-likeness (QED) is 0.863. The van der Waals surface area contributed by atoms with Crippen LogP contribution >= 0.6 is 12.4 Å². The van der Waals surface area contributed by atoms with Crippen LogP contribution in [0.1, 0.15) is 37.1 Å². The van der Waals surface area contributed by atoms with Crippen LogP contribution < -0.4 is 15.4 Å². The lowest BCUT2D eigenvalue weighted by atomic mass is 9.95. The number of piperidine rings is 1. The van der Waals surface area contributed by atoms with Gasteiger partial charge in [0.1, 0.15) is 11.5 Å². The van der Waals surface area contributed by atoms with Crippen molar-refractivity contribution in [3.63, 3.8) is 0 Å². The number of halogens is 1. The number of aryl methyl sites for hydroxylation is 1. The Hall–Kier alpha value is -2.11. The van der Waals surface area contributed by atoms with Gasteiger partial charge < -0.3 is 15.4 Å². The summed E-state index contributed by atoms with van der Waals surface area (Å²) in [5.41, 5.74) is 2.81. The molecular formula is C19H24ClN3O2. The minimum absolute atomic E-state index is 0. The Bertz CT molecular complexity index is 713. The summed E-state index contributed by atoms with van der Waals surface area (Å²) in [7, 11) is 0. The first-order chi connectivity index (χ1) is 11.6. The van der Waals surface area contributed by atoms with Gasteiger partial charge in [-0.15, -0.1) is 12.4 Å². The molecule has 0 saturated carbocycles. The van der Waals surface area contributed by atoms with Crippen molar-refractivity contribution in [1.82, 2.24) is 10.3 Å². The molecule has 2 heterocycles. The first-order valence-electron chi connectivity index (χ1n) is 8.35. The van der Waals surface area contributed by atoms with E-state index in [0.717, 1.165) is 48.1 Å². The zero-order valence-electron chi connectivity index (χ0n) is 14.5. The van der Waals surface area contributed by atoms with Crippen LogP contribution in [0.4, 0.5) is 5.69 Å². The Labute approximate surface area is 154 Å². The van der Waals surface area contributed by atoms with E-state index in [9.17, 15) is 4.79 Å². The molecule has 1 saturated heterocycles. The molecule has 1 fully saturated rings. The summed E-state index contributed by atoms with van der Waals surface area (Å²) in [6, 6.07) is 11.3. The van der Waals surface area contributed by atoms with E-state index in [1.54, 1.807) is 0 Å². The Morgan fingerprint density at radius 1 is 1.24 bits per heavy atom. The molecule has 1 amide bonds. The Balaban J connectivity index is 0.00000225. The highest BCUT2D eigenvalue weighted by molar-refractivity contribution is 5.88. The van der Waals surface area contributed by atoms with Crippen LogP contribution in [-0.4, -0.2) is 24.0 Å². The average molecular weight is 362 g/mol. The zero-order valence-corrected chi connectivity index (χ0v) is 15.4. The summed E-state index contributed by atoms with van der Waals surface area (Å²) in [6.07, 6.45) is 2.34. The van der Waals surface area contributed by atoms with E-state index in [4.69, 9.17) is 4.74 Å². The lowest BCUT2D eigenvalue weighted by Crippen LogP contribution is -2.28. The van der Waals surface area contributed by atoms with Crippen molar-refractivity contribution in [2.45, 2.75) is 32.6 Å². The summed E-state index contributed by atoms with van der Waals surface area (Å²) in [4.78, 5) is 15.7. The first-order valence-corrected chi connectivity index (χ1v) is 8.35. The molecule has 1 aromatic carbocycles. The third kappa shape index (κ3) is 5.44. The van der Waals surface area contributed by atoms with Gasteiger partial charge in [-0.1, -0.05) is 0 Å². The number of rotatable bonds is 4. The maximum atomic E-state index is 11.1. The van der Waals surface area contributed by atoms with E-state index in [1.165, 1.54) is 13.3 Å². The Morgan fingerprint density at radius 3 is 2.64 bits per heavy atom. The molecule has 1 atom stereocenters. The fourth-order valence-corrected chi connectivity index (χ4v) is 2.98. The van der Waals surface area contributed by atoms with E-state index < -0.39 is 0 Å². The van der Waals surface area contributed by atoms with Gasteiger partial charge in [-0.3, -0.25) is 9.78 Å². The van der Waals surface area contributed by atoms with Gasteiger partial charge in [0.15, 0.2) is 0 Å². The molecule has 1 unspecified atom stereocenters. The molecule has 3 rings (SSSR count). The largest absolute Gasteiger partial charge is 0.457 e. The molecule has 1 aliphatic rings. The minimum Gasteiger partial charge on any atom is -0.457 e. The molecule has 0 aliphatic carbocycles. The maximum absolute atomic E-state index is 11.1. The lowest BCUT2D eigenvalue weighted by molar-refractivity contribution is -0.114. The average Bonchev–Trinajstić information content (AvgIpc) is 2.56. The number of ether oxygens (including phenoxy) is 1. The number of nitrogens with one attached hydrogen (secondary N) is 2. The van der Waals surface area contributed by atoms with E-state index >= 15 is 0 Å². The van der Waals surface area contributed by atoms with Crippen LogP contribution in [0.3, 0.4) is 0 Å².